The molecule has 2 aromatic rings. The molecule has 3 heterocycles. The maximum atomic E-state index is 13.5. The zero-order valence-corrected chi connectivity index (χ0v) is 20.0. The molecule has 0 radical (unpaired) electrons. The van der Waals surface area contributed by atoms with E-state index in [9.17, 15) is 9.59 Å². The molecule has 178 valence electrons. The van der Waals surface area contributed by atoms with Gasteiger partial charge in [-0.25, -0.2) is 9.78 Å². The minimum atomic E-state index is -0.850. The van der Waals surface area contributed by atoms with Gasteiger partial charge in [0.15, 0.2) is 0 Å². The van der Waals surface area contributed by atoms with Crippen LogP contribution in [0.1, 0.15) is 46.3 Å². The predicted molar refractivity (Wildman–Crippen MR) is 127 cm³/mol. The van der Waals surface area contributed by atoms with Gasteiger partial charge in [-0.3, -0.25) is 9.79 Å². The fourth-order valence-electron chi connectivity index (χ4n) is 5.20. The molecule has 34 heavy (non-hydrogen) atoms. The first-order valence-electron chi connectivity index (χ1n) is 11.1. The summed E-state index contributed by atoms with van der Waals surface area (Å²) >= 11 is 0. The smallest absolute Gasteiger partial charge is 0.337 e. The number of benzene rings is 1. The van der Waals surface area contributed by atoms with Crippen molar-refractivity contribution >= 4 is 23.5 Å². The van der Waals surface area contributed by atoms with Crippen molar-refractivity contribution in [1.82, 2.24) is 4.98 Å². The number of hydrogen-bond donors (Lipinski definition) is 1. The Morgan fingerprint density at radius 1 is 1.18 bits per heavy atom. The van der Waals surface area contributed by atoms with Crippen molar-refractivity contribution in [3.05, 3.63) is 69.5 Å². The van der Waals surface area contributed by atoms with Crippen LogP contribution in [0.3, 0.4) is 0 Å². The van der Waals surface area contributed by atoms with Gasteiger partial charge in [-0.2, -0.15) is 0 Å². The minimum Gasteiger partial charge on any atom is -0.468 e. The topological polar surface area (TPSA) is 113 Å². The third-order valence-electron chi connectivity index (χ3n) is 6.41. The van der Waals surface area contributed by atoms with Crippen LogP contribution in [0.15, 0.2) is 46.7 Å². The Balaban J connectivity index is 1.88. The Kier molecular flexibility index (Phi) is 6.52. The lowest BCUT2D eigenvalue weighted by Crippen LogP contribution is -2.41. The standard InChI is InChI=1S/C26H29N3O5/c1-13-8-14(2)21(15(3)9-13)19-11-17-23(26(31)34-19)22(16-6-7-28-20(27)10-16)24(25(30)33-5)18(29-17)12-32-4/h6-10,19,22,24H,11-12H2,1-5H3,(H2,27,28). The van der Waals surface area contributed by atoms with E-state index in [1.807, 2.05) is 20.8 Å². The number of nitrogens with two attached hydrogens (primary N) is 1. The van der Waals surface area contributed by atoms with Gasteiger partial charge < -0.3 is 19.9 Å². The molecule has 2 N–H and O–H groups in total. The Morgan fingerprint density at radius 2 is 1.88 bits per heavy atom. The number of carbonyl (C=O) groups excluding carboxylic acids is 2. The van der Waals surface area contributed by atoms with E-state index in [1.54, 1.807) is 18.3 Å². The van der Waals surface area contributed by atoms with E-state index in [0.717, 1.165) is 22.3 Å². The van der Waals surface area contributed by atoms with Crippen molar-refractivity contribution in [1.29, 1.82) is 0 Å². The highest BCUT2D eigenvalue weighted by atomic mass is 16.5. The van der Waals surface area contributed by atoms with E-state index in [0.29, 0.717) is 29.0 Å². The summed E-state index contributed by atoms with van der Waals surface area (Å²) in [5.41, 5.74) is 12.3. The number of carbonyl (C=O) groups is 2. The highest BCUT2D eigenvalue weighted by Crippen LogP contribution is 2.46. The van der Waals surface area contributed by atoms with Crippen LogP contribution in [0.2, 0.25) is 0 Å². The highest BCUT2D eigenvalue weighted by molar-refractivity contribution is 6.08. The Morgan fingerprint density at radius 3 is 2.50 bits per heavy atom. The van der Waals surface area contributed by atoms with Crippen molar-refractivity contribution in [3.8, 4) is 0 Å². The maximum Gasteiger partial charge on any atom is 0.337 e. The van der Waals surface area contributed by atoms with Crippen molar-refractivity contribution in [3.63, 3.8) is 0 Å². The second kappa shape index (κ2) is 9.38. The molecule has 3 unspecified atom stereocenters. The van der Waals surface area contributed by atoms with Crippen molar-refractivity contribution in [2.75, 3.05) is 26.6 Å². The zero-order valence-electron chi connectivity index (χ0n) is 20.0. The number of nitrogen functional groups attached to an aromatic ring is 1. The first kappa shape index (κ1) is 23.6. The van der Waals surface area contributed by atoms with E-state index in [2.05, 4.69) is 17.1 Å². The second-order valence-corrected chi connectivity index (χ2v) is 8.80. The van der Waals surface area contributed by atoms with Crippen LogP contribution >= 0.6 is 0 Å². The quantitative estimate of drug-likeness (QED) is 0.675. The van der Waals surface area contributed by atoms with Crippen LogP contribution in [-0.4, -0.2) is 43.5 Å². The number of anilines is 1. The van der Waals surface area contributed by atoms with Gasteiger partial charge in [0.25, 0.3) is 0 Å². The molecule has 0 fully saturated rings. The predicted octanol–water partition coefficient (Wildman–Crippen LogP) is 3.51. The Bertz CT molecular complexity index is 1190. The molecule has 1 aromatic heterocycles. The Labute approximate surface area is 198 Å². The second-order valence-electron chi connectivity index (χ2n) is 8.80. The Hall–Kier alpha value is -3.52. The molecular formula is C26H29N3O5. The molecule has 0 amide bonds. The van der Waals surface area contributed by atoms with E-state index in [1.165, 1.54) is 14.2 Å². The van der Waals surface area contributed by atoms with Crippen LogP contribution < -0.4 is 5.73 Å². The first-order valence-corrected chi connectivity index (χ1v) is 11.1. The molecule has 3 atom stereocenters. The molecule has 8 nitrogen and oxygen atoms in total. The number of aromatic nitrogens is 1. The summed E-state index contributed by atoms with van der Waals surface area (Å²) in [6, 6.07) is 7.56. The number of nitrogens with zero attached hydrogens (tertiary/aromatic N) is 2. The van der Waals surface area contributed by atoms with Gasteiger partial charge in [-0.1, -0.05) is 17.7 Å². The highest BCUT2D eigenvalue weighted by Gasteiger charge is 2.47. The third kappa shape index (κ3) is 4.21. The molecule has 1 aromatic carbocycles. The van der Waals surface area contributed by atoms with Gasteiger partial charge in [0.1, 0.15) is 17.8 Å². The lowest BCUT2D eigenvalue weighted by Gasteiger charge is -2.37. The molecule has 2 aliphatic rings. The SMILES string of the molecule is COCC1=NC2=C(C(=O)OC(c3c(C)cc(C)cc3C)C2)C(c2ccnc(N)c2)C1C(=O)OC. The number of ether oxygens (including phenoxy) is 3. The minimum absolute atomic E-state index is 0.121. The number of rotatable bonds is 5. The van der Waals surface area contributed by atoms with Crippen molar-refractivity contribution < 1.29 is 23.8 Å². The largest absolute Gasteiger partial charge is 0.468 e. The lowest BCUT2D eigenvalue weighted by atomic mass is 9.74. The van der Waals surface area contributed by atoms with Crippen LogP contribution in [0.25, 0.3) is 0 Å². The van der Waals surface area contributed by atoms with E-state index < -0.39 is 29.9 Å². The van der Waals surface area contributed by atoms with Gasteiger partial charge >= 0.3 is 11.9 Å². The molecule has 0 bridgehead atoms. The molecule has 8 heteroatoms. The fourth-order valence-corrected chi connectivity index (χ4v) is 5.20. The van der Waals surface area contributed by atoms with Crippen molar-refractivity contribution in [2.45, 2.75) is 39.2 Å². The fraction of sp³-hybridized carbons (Fsp3) is 0.385. The van der Waals surface area contributed by atoms with Crippen LogP contribution in [0, 0.1) is 26.7 Å². The molecule has 4 rings (SSSR count). The van der Waals surface area contributed by atoms with Gasteiger partial charge in [-0.05, 0) is 55.2 Å². The summed E-state index contributed by atoms with van der Waals surface area (Å²) in [7, 11) is 2.85. The number of aryl methyl sites for hydroxylation is 3. The summed E-state index contributed by atoms with van der Waals surface area (Å²) in [5, 5.41) is 0. The molecule has 0 saturated carbocycles. The summed E-state index contributed by atoms with van der Waals surface area (Å²) < 4.78 is 16.5. The number of esters is 2. The molecule has 2 aliphatic heterocycles. The number of hydrogen-bond acceptors (Lipinski definition) is 8. The summed E-state index contributed by atoms with van der Waals surface area (Å²) in [4.78, 5) is 35.3. The maximum absolute atomic E-state index is 13.5. The van der Waals surface area contributed by atoms with Gasteiger partial charge in [0.05, 0.1) is 30.7 Å². The molecule has 0 saturated heterocycles. The van der Waals surface area contributed by atoms with Crippen molar-refractivity contribution in [2.24, 2.45) is 10.9 Å². The zero-order chi connectivity index (χ0) is 24.6. The summed E-state index contributed by atoms with van der Waals surface area (Å²) in [6.45, 7) is 6.19. The van der Waals surface area contributed by atoms with E-state index >= 15 is 0 Å². The normalized spacial score (nSPS) is 22.1. The number of cyclic esters (lactones) is 1. The van der Waals surface area contributed by atoms with Gasteiger partial charge in [0.2, 0.25) is 0 Å². The number of aliphatic imine (C=N–C) groups is 1. The van der Waals surface area contributed by atoms with Gasteiger partial charge in [-0.15, -0.1) is 0 Å². The van der Waals surface area contributed by atoms with Gasteiger partial charge in [0, 0.05) is 25.6 Å². The lowest BCUT2D eigenvalue weighted by molar-refractivity contribution is -0.147. The number of methoxy groups -OCH3 is 2. The summed E-state index contributed by atoms with van der Waals surface area (Å²) in [6.07, 6.45) is 1.47. The van der Waals surface area contributed by atoms with E-state index in [4.69, 9.17) is 24.9 Å². The molecule has 0 spiro atoms. The number of pyridine rings is 1. The molecular weight excluding hydrogens is 434 g/mol. The monoisotopic (exact) mass is 463 g/mol. The van der Waals surface area contributed by atoms with E-state index in [-0.39, 0.29) is 12.4 Å². The average Bonchev–Trinajstić information content (AvgIpc) is 2.77. The summed E-state index contributed by atoms with van der Waals surface area (Å²) in [5.74, 6) is -2.25. The van der Waals surface area contributed by atoms with Crippen LogP contribution in [-0.2, 0) is 23.8 Å². The van der Waals surface area contributed by atoms with Crippen LogP contribution in [0.5, 0.6) is 0 Å². The average molecular weight is 464 g/mol. The molecule has 0 aliphatic carbocycles. The van der Waals surface area contributed by atoms with Crippen LogP contribution in [0.4, 0.5) is 5.82 Å². The first-order chi connectivity index (χ1) is 16.2. The third-order valence-corrected chi connectivity index (χ3v) is 6.41.